The number of piperidine rings is 1. The van der Waals surface area contributed by atoms with Crippen molar-refractivity contribution in [3.8, 4) is 0 Å². The first-order valence-electron chi connectivity index (χ1n) is 7.78. The Balaban J connectivity index is 1.94. The zero-order valence-corrected chi connectivity index (χ0v) is 13.6. The maximum Gasteiger partial charge on any atom is 0.413 e. The van der Waals surface area contributed by atoms with Gasteiger partial charge in [0.15, 0.2) is 0 Å². The lowest BCUT2D eigenvalue weighted by Gasteiger charge is -2.19. The van der Waals surface area contributed by atoms with Crippen molar-refractivity contribution in [2.75, 3.05) is 18.4 Å². The minimum atomic E-state index is -0.517. The molecule has 2 heterocycles. The first kappa shape index (κ1) is 16.5. The zero-order chi connectivity index (χ0) is 16.0. The highest BCUT2D eigenvalue weighted by molar-refractivity contribution is 5.83. The normalized spacial score (nSPS) is 16.7. The molecule has 0 aliphatic carbocycles. The van der Waals surface area contributed by atoms with Crippen LogP contribution in [0.25, 0.3) is 6.08 Å². The molecule has 0 unspecified atom stereocenters. The van der Waals surface area contributed by atoms with Crippen molar-refractivity contribution in [3.05, 3.63) is 30.0 Å². The van der Waals surface area contributed by atoms with Gasteiger partial charge in [-0.1, -0.05) is 12.1 Å². The average molecular weight is 303 g/mol. The number of carbonyl (C=O) groups is 1. The first-order chi connectivity index (χ1) is 10.4. The molecular formula is C17H25N3O2. The van der Waals surface area contributed by atoms with Crippen LogP contribution in [0.4, 0.5) is 10.6 Å². The molecule has 1 saturated heterocycles. The molecule has 0 aromatic carbocycles. The van der Waals surface area contributed by atoms with Crippen LogP contribution in [0.2, 0.25) is 0 Å². The molecule has 1 amide bonds. The van der Waals surface area contributed by atoms with Crippen LogP contribution in [0, 0.1) is 5.92 Å². The number of pyridine rings is 1. The van der Waals surface area contributed by atoms with Crippen LogP contribution < -0.4 is 10.6 Å². The molecule has 1 aromatic rings. The molecule has 120 valence electrons. The van der Waals surface area contributed by atoms with Crippen LogP contribution in [0.15, 0.2) is 24.3 Å². The van der Waals surface area contributed by atoms with Gasteiger partial charge in [-0.2, -0.15) is 0 Å². The fourth-order valence-electron chi connectivity index (χ4n) is 2.29. The molecule has 0 spiro atoms. The number of anilines is 1. The Hall–Kier alpha value is -1.88. The number of nitrogens with zero attached hydrogens (tertiary/aromatic N) is 1. The van der Waals surface area contributed by atoms with E-state index in [1.54, 1.807) is 6.07 Å². The Morgan fingerprint density at radius 3 is 2.77 bits per heavy atom. The van der Waals surface area contributed by atoms with Gasteiger partial charge in [-0.05, 0) is 70.8 Å². The Morgan fingerprint density at radius 2 is 2.09 bits per heavy atom. The summed E-state index contributed by atoms with van der Waals surface area (Å²) in [5.74, 6) is 1.10. The SMILES string of the molecule is CC(C)(C)OC(=O)Nc1cccc(C=CC2CCNCC2)n1. The van der Waals surface area contributed by atoms with Gasteiger partial charge >= 0.3 is 6.09 Å². The number of allylic oxidation sites excluding steroid dienone is 1. The largest absolute Gasteiger partial charge is 0.444 e. The molecule has 2 rings (SSSR count). The minimum Gasteiger partial charge on any atom is -0.444 e. The highest BCUT2D eigenvalue weighted by atomic mass is 16.6. The smallest absolute Gasteiger partial charge is 0.413 e. The van der Waals surface area contributed by atoms with Crippen molar-refractivity contribution in [1.82, 2.24) is 10.3 Å². The lowest BCUT2D eigenvalue weighted by molar-refractivity contribution is 0.0635. The minimum absolute atomic E-state index is 0.487. The van der Waals surface area contributed by atoms with E-state index in [0.29, 0.717) is 11.7 Å². The zero-order valence-electron chi connectivity index (χ0n) is 13.6. The van der Waals surface area contributed by atoms with Crippen molar-refractivity contribution in [2.24, 2.45) is 5.92 Å². The standard InChI is InChI=1S/C17H25N3O2/c1-17(2,3)22-16(21)20-15-6-4-5-14(19-15)8-7-13-9-11-18-12-10-13/h4-8,13,18H,9-12H2,1-3H3,(H,19,20,21). The predicted octanol–water partition coefficient (Wildman–Crippen LogP) is 3.44. The molecule has 0 atom stereocenters. The second kappa shape index (κ2) is 7.40. The number of hydrogen-bond acceptors (Lipinski definition) is 4. The molecule has 0 saturated carbocycles. The second-order valence-corrected chi connectivity index (χ2v) is 6.52. The third kappa shape index (κ3) is 5.85. The Bertz CT molecular complexity index is 529. The molecule has 1 aliphatic heterocycles. The molecule has 0 bridgehead atoms. The van der Waals surface area contributed by atoms with Crippen LogP contribution in [0.3, 0.4) is 0 Å². The number of amides is 1. The van der Waals surface area contributed by atoms with E-state index in [4.69, 9.17) is 4.74 Å². The number of aromatic nitrogens is 1. The van der Waals surface area contributed by atoms with Gasteiger partial charge in [-0.15, -0.1) is 0 Å². The number of ether oxygens (including phenoxy) is 1. The molecular weight excluding hydrogens is 278 g/mol. The van der Waals surface area contributed by atoms with Crippen molar-refractivity contribution >= 4 is 18.0 Å². The van der Waals surface area contributed by atoms with Crippen LogP contribution >= 0.6 is 0 Å². The Morgan fingerprint density at radius 1 is 1.36 bits per heavy atom. The Labute approximate surface area is 132 Å². The number of carbonyl (C=O) groups excluding carboxylic acids is 1. The lowest BCUT2D eigenvalue weighted by Crippen LogP contribution is -2.27. The van der Waals surface area contributed by atoms with Gasteiger partial charge in [-0.25, -0.2) is 9.78 Å². The molecule has 1 aliphatic rings. The maximum atomic E-state index is 11.7. The van der Waals surface area contributed by atoms with E-state index in [-0.39, 0.29) is 0 Å². The average Bonchev–Trinajstić information content (AvgIpc) is 2.44. The predicted molar refractivity (Wildman–Crippen MR) is 88.7 cm³/mol. The van der Waals surface area contributed by atoms with E-state index in [0.717, 1.165) is 31.6 Å². The van der Waals surface area contributed by atoms with E-state index in [9.17, 15) is 4.79 Å². The topological polar surface area (TPSA) is 63.2 Å². The third-order valence-corrected chi connectivity index (χ3v) is 3.32. The van der Waals surface area contributed by atoms with Crippen LogP contribution in [0.1, 0.15) is 39.3 Å². The highest BCUT2D eigenvalue weighted by Gasteiger charge is 2.16. The van der Waals surface area contributed by atoms with E-state index in [2.05, 4.69) is 21.7 Å². The molecule has 22 heavy (non-hydrogen) atoms. The summed E-state index contributed by atoms with van der Waals surface area (Å²) in [4.78, 5) is 16.2. The van der Waals surface area contributed by atoms with Gasteiger partial charge in [0.05, 0.1) is 5.69 Å². The summed E-state index contributed by atoms with van der Waals surface area (Å²) in [6.07, 6.45) is 6.06. The maximum absolute atomic E-state index is 11.7. The van der Waals surface area contributed by atoms with Crippen LogP contribution in [0.5, 0.6) is 0 Å². The molecule has 5 nitrogen and oxygen atoms in total. The van der Waals surface area contributed by atoms with Crippen LogP contribution in [-0.2, 0) is 4.74 Å². The third-order valence-electron chi connectivity index (χ3n) is 3.32. The monoisotopic (exact) mass is 303 g/mol. The lowest BCUT2D eigenvalue weighted by atomic mass is 9.97. The van der Waals surface area contributed by atoms with Crippen molar-refractivity contribution in [3.63, 3.8) is 0 Å². The number of nitrogens with one attached hydrogen (secondary N) is 2. The molecule has 2 N–H and O–H groups in total. The molecule has 0 radical (unpaired) electrons. The second-order valence-electron chi connectivity index (χ2n) is 6.52. The van der Waals surface area contributed by atoms with Crippen molar-refractivity contribution in [1.29, 1.82) is 0 Å². The summed E-state index contributed by atoms with van der Waals surface area (Å²) in [6.45, 7) is 7.64. The van der Waals surface area contributed by atoms with Gasteiger partial charge in [-0.3, -0.25) is 5.32 Å². The molecule has 5 heteroatoms. The highest BCUT2D eigenvalue weighted by Crippen LogP contribution is 2.16. The number of hydrogen-bond donors (Lipinski definition) is 2. The molecule has 1 fully saturated rings. The first-order valence-corrected chi connectivity index (χ1v) is 7.78. The van der Waals surface area contributed by atoms with Crippen LogP contribution in [-0.4, -0.2) is 29.8 Å². The summed E-state index contributed by atoms with van der Waals surface area (Å²) < 4.78 is 5.22. The Kier molecular flexibility index (Phi) is 5.55. The van der Waals surface area contributed by atoms with Crippen molar-refractivity contribution < 1.29 is 9.53 Å². The van der Waals surface area contributed by atoms with E-state index in [1.165, 1.54) is 0 Å². The summed E-state index contributed by atoms with van der Waals surface area (Å²) in [5, 5.41) is 6.01. The summed E-state index contributed by atoms with van der Waals surface area (Å²) in [7, 11) is 0. The fraction of sp³-hybridized carbons (Fsp3) is 0.529. The van der Waals surface area contributed by atoms with E-state index < -0.39 is 11.7 Å². The summed E-state index contributed by atoms with van der Waals surface area (Å²) in [6, 6.07) is 5.56. The summed E-state index contributed by atoms with van der Waals surface area (Å²) >= 11 is 0. The number of rotatable bonds is 3. The van der Waals surface area contributed by atoms with E-state index in [1.807, 2.05) is 39.0 Å². The quantitative estimate of drug-likeness (QED) is 0.898. The van der Waals surface area contributed by atoms with Gasteiger partial charge < -0.3 is 10.1 Å². The van der Waals surface area contributed by atoms with Gasteiger partial charge in [0.1, 0.15) is 11.4 Å². The van der Waals surface area contributed by atoms with Crippen molar-refractivity contribution in [2.45, 2.75) is 39.2 Å². The van der Waals surface area contributed by atoms with Gasteiger partial charge in [0, 0.05) is 0 Å². The summed E-state index contributed by atoms with van der Waals surface area (Å²) in [5.41, 5.74) is 0.323. The molecule has 1 aromatic heterocycles. The van der Waals surface area contributed by atoms with E-state index >= 15 is 0 Å². The fourth-order valence-corrected chi connectivity index (χ4v) is 2.29. The van der Waals surface area contributed by atoms with Gasteiger partial charge in [0.25, 0.3) is 0 Å². The van der Waals surface area contributed by atoms with Gasteiger partial charge in [0.2, 0.25) is 0 Å².